The second-order valence-electron chi connectivity index (χ2n) is 8.47. The first kappa shape index (κ1) is 24.5. The third-order valence-corrected chi connectivity index (χ3v) is 6.02. The van der Waals surface area contributed by atoms with Gasteiger partial charge in [-0.05, 0) is 54.1 Å². The highest BCUT2D eigenvalue weighted by Crippen LogP contribution is 2.44. The van der Waals surface area contributed by atoms with Crippen LogP contribution >= 0.6 is 0 Å². The van der Waals surface area contributed by atoms with Crippen molar-refractivity contribution < 1.29 is 27.8 Å². The quantitative estimate of drug-likeness (QED) is 0.253. The van der Waals surface area contributed by atoms with E-state index in [-0.39, 0.29) is 35.2 Å². The van der Waals surface area contributed by atoms with E-state index in [1.54, 1.807) is 48.5 Å². The summed E-state index contributed by atoms with van der Waals surface area (Å²) < 4.78 is 44.1. The van der Waals surface area contributed by atoms with E-state index in [0.29, 0.717) is 28.2 Å². The molecular weight excluding hydrogens is 490 g/mol. The standard InChI is InChI=1S/C30H20F2N2O4/c31-21-10-8-18(9-11-21)30(35)37-23-12-13-24-27(15-23)38-29(34)25(16-33)28(24)19-5-3-6-22(14-19)36-17-20-4-1-2-7-26(20)32/h1-15,28H,17,34H2. The van der Waals surface area contributed by atoms with Crippen LogP contribution in [0.2, 0.25) is 0 Å². The lowest BCUT2D eigenvalue weighted by atomic mass is 9.83. The van der Waals surface area contributed by atoms with Crippen LogP contribution in [0.5, 0.6) is 17.2 Å². The lowest BCUT2D eigenvalue weighted by molar-refractivity contribution is 0.0734. The predicted molar refractivity (Wildman–Crippen MR) is 134 cm³/mol. The maximum absolute atomic E-state index is 14.0. The van der Waals surface area contributed by atoms with E-state index in [1.807, 2.05) is 6.07 Å². The summed E-state index contributed by atoms with van der Waals surface area (Å²) in [6, 6.07) is 25.3. The van der Waals surface area contributed by atoms with Crippen LogP contribution in [0, 0.1) is 23.0 Å². The van der Waals surface area contributed by atoms with E-state index in [4.69, 9.17) is 19.9 Å². The minimum Gasteiger partial charge on any atom is -0.489 e. The molecule has 6 nitrogen and oxygen atoms in total. The third kappa shape index (κ3) is 5.04. The Hall–Kier alpha value is -5.16. The molecule has 38 heavy (non-hydrogen) atoms. The van der Waals surface area contributed by atoms with Gasteiger partial charge in [0.05, 0.1) is 11.5 Å². The molecular formula is C30H20F2N2O4. The molecule has 0 spiro atoms. The first-order valence-corrected chi connectivity index (χ1v) is 11.6. The number of allylic oxidation sites excluding steroid dienone is 1. The minimum atomic E-state index is -0.668. The van der Waals surface area contributed by atoms with Gasteiger partial charge in [-0.15, -0.1) is 0 Å². The maximum atomic E-state index is 14.0. The lowest BCUT2D eigenvalue weighted by Crippen LogP contribution is -2.21. The van der Waals surface area contributed by atoms with Gasteiger partial charge in [0.1, 0.15) is 47.1 Å². The Morgan fingerprint density at radius 2 is 1.74 bits per heavy atom. The lowest BCUT2D eigenvalue weighted by Gasteiger charge is -2.27. The summed E-state index contributed by atoms with van der Waals surface area (Å²) in [4.78, 5) is 12.5. The van der Waals surface area contributed by atoms with Gasteiger partial charge in [0.25, 0.3) is 0 Å². The molecule has 0 amide bonds. The largest absolute Gasteiger partial charge is 0.489 e. The fourth-order valence-corrected chi connectivity index (χ4v) is 4.15. The zero-order chi connectivity index (χ0) is 26.6. The van der Waals surface area contributed by atoms with Crippen LogP contribution in [0.4, 0.5) is 8.78 Å². The zero-order valence-electron chi connectivity index (χ0n) is 19.9. The minimum absolute atomic E-state index is 0.0341. The summed E-state index contributed by atoms with van der Waals surface area (Å²) in [5.74, 6) is -1.17. The van der Waals surface area contributed by atoms with E-state index < -0.39 is 17.7 Å². The molecule has 188 valence electrons. The van der Waals surface area contributed by atoms with Gasteiger partial charge in [-0.1, -0.05) is 36.4 Å². The maximum Gasteiger partial charge on any atom is 0.343 e. The van der Waals surface area contributed by atoms with Crippen molar-refractivity contribution in [2.45, 2.75) is 12.5 Å². The summed E-state index contributed by atoms with van der Waals surface area (Å²) >= 11 is 0. The average Bonchev–Trinajstić information content (AvgIpc) is 2.92. The molecule has 5 rings (SSSR count). The van der Waals surface area contributed by atoms with E-state index in [9.17, 15) is 18.8 Å². The van der Waals surface area contributed by atoms with Gasteiger partial charge < -0.3 is 19.9 Å². The van der Waals surface area contributed by atoms with Crippen LogP contribution in [0.15, 0.2) is 102 Å². The number of rotatable bonds is 6. The van der Waals surface area contributed by atoms with Gasteiger partial charge in [-0.25, -0.2) is 13.6 Å². The smallest absolute Gasteiger partial charge is 0.343 e. The molecule has 0 bridgehead atoms. The van der Waals surface area contributed by atoms with Crippen molar-refractivity contribution in [1.82, 2.24) is 0 Å². The second kappa shape index (κ2) is 10.4. The number of esters is 1. The Labute approximate surface area is 217 Å². The number of hydrogen-bond acceptors (Lipinski definition) is 6. The van der Waals surface area contributed by atoms with Crippen LogP contribution < -0.4 is 19.9 Å². The van der Waals surface area contributed by atoms with Crippen LogP contribution in [-0.4, -0.2) is 5.97 Å². The SMILES string of the molecule is N#CC1=C(N)Oc2cc(OC(=O)c3ccc(F)cc3)ccc2C1c1cccc(OCc2ccccc2F)c1. The molecule has 0 saturated heterocycles. The molecule has 0 aromatic heterocycles. The van der Waals surface area contributed by atoms with E-state index in [0.717, 1.165) is 0 Å². The van der Waals surface area contributed by atoms with Crippen molar-refractivity contribution in [1.29, 1.82) is 5.26 Å². The van der Waals surface area contributed by atoms with Crippen molar-refractivity contribution in [3.63, 3.8) is 0 Å². The molecule has 0 radical (unpaired) electrons. The van der Waals surface area contributed by atoms with Gasteiger partial charge in [-0.3, -0.25) is 0 Å². The fourth-order valence-electron chi connectivity index (χ4n) is 4.15. The molecule has 0 fully saturated rings. The second-order valence-corrected chi connectivity index (χ2v) is 8.47. The van der Waals surface area contributed by atoms with Gasteiger partial charge >= 0.3 is 5.97 Å². The summed E-state index contributed by atoms with van der Waals surface area (Å²) in [5.41, 5.74) is 8.24. The number of nitrogens with zero attached hydrogens (tertiary/aromatic N) is 1. The average molecular weight is 510 g/mol. The number of nitrogens with two attached hydrogens (primary N) is 1. The molecule has 1 aliphatic rings. The molecule has 4 aromatic carbocycles. The van der Waals surface area contributed by atoms with Crippen molar-refractivity contribution >= 4 is 5.97 Å². The van der Waals surface area contributed by atoms with Crippen LogP contribution in [0.25, 0.3) is 0 Å². The van der Waals surface area contributed by atoms with E-state index in [2.05, 4.69) is 6.07 Å². The number of carbonyl (C=O) groups is 1. The number of carbonyl (C=O) groups excluding carboxylic acids is 1. The van der Waals surface area contributed by atoms with Crippen LogP contribution in [-0.2, 0) is 6.61 Å². The van der Waals surface area contributed by atoms with E-state index in [1.165, 1.54) is 36.4 Å². The molecule has 4 aromatic rings. The number of fused-ring (bicyclic) bond motifs is 1. The van der Waals surface area contributed by atoms with Crippen LogP contribution in [0.1, 0.15) is 33.0 Å². The number of hydrogen-bond donors (Lipinski definition) is 1. The zero-order valence-corrected chi connectivity index (χ0v) is 19.9. The highest BCUT2D eigenvalue weighted by atomic mass is 19.1. The molecule has 0 saturated carbocycles. The fraction of sp³-hybridized carbons (Fsp3) is 0.0667. The number of benzene rings is 4. The van der Waals surface area contributed by atoms with Crippen molar-refractivity contribution in [2.24, 2.45) is 5.73 Å². The molecule has 1 unspecified atom stereocenters. The Bertz CT molecular complexity index is 1590. The Kier molecular flexibility index (Phi) is 6.74. The van der Waals surface area contributed by atoms with Gasteiger partial charge in [0.15, 0.2) is 0 Å². The van der Waals surface area contributed by atoms with Gasteiger partial charge in [0, 0.05) is 17.2 Å². The van der Waals surface area contributed by atoms with Crippen molar-refractivity contribution in [3.8, 4) is 23.3 Å². The topological polar surface area (TPSA) is 94.6 Å². The Morgan fingerprint density at radius 3 is 2.50 bits per heavy atom. The highest BCUT2D eigenvalue weighted by Gasteiger charge is 2.31. The molecule has 1 aliphatic heterocycles. The summed E-state index contributed by atoms with van der Waals surface area (Å²) in [7, 11) is 0. The van der Waals surface area contributed by atoms with Crippen molar-refractivity contribution in [3.05, 3.63) is 136 Å². The van der Waals surface area contributed by atoms with E-state index >= 15 is 0 Å². The molecule has 8 heteroatoms. The van der Waals surface area contributed by atoms with Gasteiger partial charge in [-0.2, -0.15) is 5.26 Å². The molecule has 2 N–H and O–H groups in total. The van der Waals surface area contributed by atoms with Crippen molar-refractivity contribution in [2.75, 3.05) is 0 Å². The number of nitriles is 1. The van der Waals surface area contributed by atoms with Gasteiger partial charge in [0.2, 0.25) is 5.88 Å². The Balaban J connectivity index is 1.42. The first-order valence-electron chi connectivity index (χ1n) is 11.6. The number of halogens is 2. The van der Waals surface area contributed by atoms with Crippen LogP contribution in [0.3, 0.4) is 0 Å². The summed E-state index contributed by atoms with van der Waals surface area (Å²) in [6.07, 6.45) is 0. The third-order valence-electron chi connectivity index (χ3n) is 6.02. The first-order chi connectivity index (χ1) is 18.4. The molecule has 1 atom stereocenters. The molecule has 0 aliphatic carbocycles. The number of ether oxygens (including phenoxy) is 3. The Morgan fingerprint density at radius 1 is 0.947 bits per heavy atom. The summed E-state index contributed by atoms with van der Waals surface area (Å²) in [6.45, 7) is 0.0341. The molecule has 1 heterocycles. The highest BCUT2D eigenvalue weighted by molar-refractivity contribution is 5.91. The predicted octanol–water partition coefficient (Wildman–Crippen LogP) is 5.98. The summed E-state index contributed by atoms with van der Waals surface area (Å²) in [5, 5.41) is 9.85. The normalized spacial score (nSPS) is 14.2. The monoisotopic (exact) mass is 510 g/mol.